The summed E-state index contributed by atoms with van der Waals surface area (Å²) in [7, 11) is 1.36. The summed E-state index contributed by atoms with van der Waals surface area (Å²) in [5, 5.41) is 21.8. The van der Waals surface area contributed by atoms with Crippen molar-refractivity contribution >= 4 is 11.9 Å². The predicted molar refractivity (Wildman–Crippen MR) is 108 cm³/mol. The zero-order chi connectivity index (χ0) is 22.0. The molecule has 4 aliphatic carbocycles. The van der Waals surface area contributed by atoms with Gasteiger partial charge >= 0.3 is 11.9 Å². The van der Waals surface area contributed by atoms with E-state index in [1.807, 2.05) is 0 Å². The number of methoxy groups -OCH3 is 1. The Morgan fingerprint density at radius 2 is 1.97 bits per heavy atom. The largest absolute Gasteiger partial charge is 0.469 e. The summed E-state index contributed by atoms with van der Waals surface area (Å²) in [6.45, 7) is 4.34. The highest BCUT2D eigenvalue weighted by molar-refractivity contribution is 5.76. The number of carbonyl (C=O) groups is 2. The van der Waals surface area contributed by atoms with E-state index in [2.05, 4.69) is 13.8 Å². The smallest absolute Gasteiger partial charge is 0.312 e. The van der Waals surface area contributed by atoms with Crippen LogP contribution in [0, 0.1) is 28.6 Å². The normalized spacial score (nSPS) is 56.7. The second kappa shape index (κ2) is 5.91. The second-order valence-corrected chi connectivity index (χ2v) is 11.2. The highest BCUT2D eigenvalue weighted by Gasteiger charge is 2.84. The molecule has 7 nitrogen and oxygen atoms in total. The van der Waals surface area contributed by atoms with Crippen molar-refractivity contribution < 1.29 is 34.0 Å². The maximum atomic E-state index is 13.1. The van der Waals surface area contributed by atoms with E-state index in [4.69, 9.17) is 14.2 Å². The molecule has 3 saturated carbocycles. The third-order valence-electron chi connectivity index (χ3n) is 10.4. The molecule has 2 saturated heterocycles. The first-order chi connectivity index (χ1) is 14.6. The van der Waals surface area contributed by atoms with E-state index >= 15 is 0 Å². The van der Waals surface area contributed by atoms with Crippen LogP contribution in [0.2, 0.25) is 0 Å². The van der Waals surface area contributed by atoms with Crippen LogP contribution in [-0.2, 0) is 23.8 Å². The van der Waals surface area contributed by atoms with Gasteiger partial charge in [0.05, 0.1) is 31.3 Å². The Morgan fingerprint density at radius 3 is 2.65 bits per heavy atom. The Kier molecular flexibility index (Phi) is 3.85. The van der Waals surface area contributed by atoms with Crippen molar-refractivity contribution in [3.05, 3.63) is 11.6 Å². The monoisotopic (exact) mass is 432 g/mol. The number of rotatable bonds is 1. The van der Waals surface area contributed by atoms with E-state index in [0.29, 0.717) is 25.7 Å². The van der Waals surface area contributed by atoms with Crippen molar-refractivity contribution in [2.24, 2.45) is 28.6 Å². The molecule has 2 heterocycles. The van der Waals surface area contributed by atoms with E-state index in [1.54, 1.807) is 6.08 Å². The van der Waals surface area contributed by atoms with Crippen LogP contribution in [0.25, 0.3) is 0 Å². The van der Waals surface area contributed by atoms with Crippen molar-refractivity contribution in [2.75, 3.05) is 7.11 Å². The lowest BCUT2D eigenvalue weighted by Crippen LogP contribution is -2.66. The maximum Gasteiger partial charge on any atom is 0.312 e. The molecule has 5 fully saturated rings. The number of esters is 2. The van der Waals surface area contributed by atoms with Gasteiger partial charge in [0.1, 0.15) is 11.2 Å². The first-order valence-electron chi connectivity index (χ1n) is 11.7. The van der Waals surface area contributed by atoms with Crippen molar-refractivity contribution in [2.45, 2.75) is 88.3 Å². The number of aliphatic hydroxyl groups excluding tert-OH is 2. The van der Waals surface area contributed by atoms with Crippen molar-refractivity contribution in [1.29, 1.82) is 0 Å². The lowest BCUT2D eigenvalue weighted by Gasteiger charge is -2.60. The molecule has 6 rings (SSSR count). The van der Waals surface area contributed by atoms with Crippen molar-refractivity contribution in [3.63, 3.8) is 0 Å². The molecule has 7 heteroatoms. The lowest BCUT2D eigenvalue weighted by molar-refractivity contribution is -0.180. The fraction of sp³-hybridized carbons (Fsp3) is 0.833. The van der Waals surface area contributed by atoms with Crippen molar-refractivity contribution in [1.82, 2.24) is 0 Å². The third kappa shape index (κ3) is 2.12. The molecule has 0 radical (unpaired) electrons. The summed E-state index contributed by atoms with van der Waals surface area (Å²) in [6.07, 6.45) is 4.95. The number of fused-ring (bicyclic) bond motifs is 4. The first-order valence-corrected chi connectivity index (χ1v) is 11.7. The van der Waals surface area contributed by atoms with Gasteiger partial charge in [-0.15, -0.1) is 0 Å². The molecule has 0 unspecified atom stereocenters. The zero-order valence-electron chi connectivity index (χ0n) is 18.4. The van der Waals surface area contributed by atoms with Crippen LogP contribution in [-0.4, -0.2) is 58.8 Å². The maximum absolute atomic E-state index is 13.1. The number of ether oxygens (including phenoxy) is 3. The van der Waals surface area contributed by atoms with Crippen LogP contribution >= 0.6 is 0 Å². The van der Waals surface area contributed by atoms with E-state index < -0.39 is 40.7 Å². The fourth-order valence-corrected chi connectivity index (χ4v) is 8.89. The molecule has 170 valence electrons. The molecule has 0 aromatic carbocycles. The summed E-state index contributed by atoms with van der Waals surface area (Å²) in [6, 6.07) is 0. The molecule has 0 aromatic heterocycles. The Balaban J connectivity index is 1.51. The lowest BCUT2D eigenvalue weighted by atomic mass is 9.43. The van der Waals surface area contributed by atoms with Gasteiger partial charge < -0.3 is 24.4 Å². The highest BCUT2D eigenvalue weighted by Crippen LogP contribution is 2.78. The van der Waals surface area contributed by atoms with Crippen LogP contribution in [0.15, 0.2) is 11.6 Å². The van der Waals surface area contributed by atoms with Gasteiger partial charge in [-0.25, -0.2) is 0 Å². The molecule has 2 spiro atoms. The summed E-state index contributed by atoms with van der Waals surface area (Å²) in [5.74, 6) is -1.45. The van der Waals surface area contributed by atoms with Gasteiger partial charge in [0, 0.05) is 23.2 Å². The molecule has 0 aromatic rings. The van der Waals surface area contributed by atoms with Crippen LogP contribution in [0.3, 0.4) is 0 Å². The molecule has 2 aliphatic heterocycles. The summed E-state index contributed by atoms with van der Waals surface area (Å²) >= 11 is 0. The predicted octanol–water partition coefficient (Wildman–Crippen LogP) is 1.89. The van der Waals surface area contributed by atoms with Gasteiger partial charge in [0.25, 0.3) is 0 Å². The van der Waals surface area contributed by atoms with E-state index in [9.17, 15) is 19.8 Å². The molecule has 2 N–H and O–H groups in total. The minimum atomic E-state index is -1.02. The minimum absolute atomic E-state index is 0.0590. The number of epoxide rings is 1. The van der Waals surface area contributed by atoms with E-state index in [0.717, 1.165) is 24.8 Å². The number of carbonyl (C=O) groups excluding carboxylic acids is 2. The highest BCUT2D eigenvalue weighted by atomic mass is 16.6. The molecular weight excluding hydrogens is 400 g/mol. The van der Waals surface area contributed by atoms with E-state index in [-0.39, 0.29) is 29.3 Å². The Hall–Kier alpha value is -1.44. The number of aliphatic hydroxyl groups is 2. The van der Waals surface area contributed by atoms with Crippen LogP contribution in [0.5, 0.6) is 0 Å². The van der Waals surface area contributed by atoms with Crippen LogP contribution in [0.4, 0.5) is 0 Å². The summed E-state index contributed by atoms with van der Waals surface area (Å²) in [5.41, 5.74) is -1.06. The molecule has 0 bridgehead atoms. The molecule has 6 aliphatic rings. The number of hydrogen-bond acceptors (Lipinski definition) is 7. The van der Waals surface area contributed by atoms with Gasteiger partial charge in [-0.2, -0.15) is 0 Å². The Labute approximate surface area is 182 Å². The molecular formula is C24H32O7. The second-order valence-electron chi connectivity index (χ2n) is 11.2. The Bertz CT molecular complexity index is 898. The van der Waals surface area contributed by atoms with E-state index in [1.165, 1.54) is 7.11 Å². The van der Waals surface area contributed by atoms with Crippen LogP contribution < -0.4 is 0 Å². The third-order valence-corrected chi connectivity index (χ3v) is 10.4. The summed E-state index contributed by atoms with van der Waals surface area (Å²) < 4.78 is 17.8. The number of hydrogen-bond donors (Lipinski definition) is 2. The molecule has 31 heavy (non-hydrogen) atoms. The van der Waals surface area contributed by atoms with Gasteiger partial charge in [-0.1, -0.05) is 19.9 Å². The Morgan fingerprint density at radius 1 is 1.19 bits per heavy atom. The zero-order valence-corrected chi connectivity index (χ0v) is 18.4. The van der Waals surface area contributed by atoms with Gasteiger partial charge in [0.15, 0.2) is 0 Å². The summed E-state index contributed by atoms with van der Waals surface area (Å²) in [4.78, 5) is 25.2. The standard InChI is InChI=1S/C24H32O7/c1-21-7-4-12(25)10-14(21)19(27)17(20(28)29-3)18-13-5-8-23(9-6-16(26)31-23)22(13,2)11-15-24(18,21)30-15/h10,12-13,15,17-19,25,27H,4-9,11H2,1-3H3/t12-,13-,15+,17-,18+,19-,21-,22-,23+,24+/m0/s1. The average molecular weight is 433 g/mol. The topological polar surface area (TPSA) is 106 Å². The fourth-order valence-electron chi connectivity index (χ4n) is 8.89. The van der Waals surface area contributed by atoms with Crippen molar-refractivity contribution in [3.8, 4) is 0 Å². The van der Waals surface area contributed by atoms with Gasteiger partial charge in [-0.05, 0) is 50.0 Å². The quantitative estimate of drug-likeness (QED) is 0.370. The van der Waals surface area contributed by atoms with Gasteiger partial charge in [0.2, 0.25) is 0 Å². The molecule has 0 amide bonds. The van der Waals surface area contributed by atoms with Crippen LogP contribution in [0.1, 0.15) is 58.8 Å². The SMILES string of the molecule is COC(=O)[C@H]1[C@H]2[C@@H]3CC[C@@]4(CCC(=O)O4)[C@@]3(C)C[C@H]3O[C@@]23[C@@]2(C)CC[C@H](O)C=C2[C@@H]1O. The minimum Gasteiger partial charge on any atom is -0.469 e. The first kappa shape index (κ1) is 20.2. The van der Waals surface area contributed by atoms with Gasteiger partial charge in [-0.3, -0.25) is 9.59 Å². The average Bonchev–Trinajstić information content (AvgIpc) is 3.23. The molecule has 10 atom stereocenters.